The van der Waals surface area contributed by atoms with Crippen molar-refractivity contribution in [3.05, 3.63) is 23.5 Å². The first-order valence-corrected chi connectivity index (χ1v) is 8.91. The molecule has 0 bridgehead atoms. The van der Waals surface area contributed by atoms with Gasteiger partial charge in [-0.1, -0.05) is 13.0 Å². The molecule has 138 valence electrons. The van der Waals surface area contributed by atoms with E-state index in [0.717, 1.165) is 43.4 Å². The lowest BCUT2D eigenvalue weighted by Crippen LogP contribution is -2.38. The zero-order valence-electron chi connectivity index (χ0n) is 15.7. The van der Waals surface area contributed by atoms with Crippen molar-refractivity contribution in [1.82, 2.24) is 5.32 Å². The molecule has 2 atom stereocenters. The van der Waals surface area contributed by atoms with Gasteiger partial charge in [-0.15, -0.1) is 0 Å². The maximum atomic E-state index is 11.9. The summed E-state index contributed by atoms with van der Waals surface area (Å²) >= 11 is 0. The van der Waals surface area contributed by atoms with Crippen LogP contribution in [0.25, 0.3) is 0 Å². The minimum absolute atomic E-state index is 0.00239. The highest BCUT2D eigenvalue weighted by Crippen LogP contribution is 2.26. The number of hydrogen-bond acceptors (Lipinski definition) is 4. The lowest BCUT2D eigenvalue weighted by molar-refractivity contribution is 0.0500. The molecule has 1 rings (SSSR count). The van der Waals surface area contributed by atoms with Crippen molar-refractivity contribution < 1.29 is 19.4 Å². The lowest BCUT2D eigenvalue weighted by atomic mass is 9.97. The predicted octanol–water partition coefficient (Wildman–Crippen LogP) is 4.07. The van der Waals surface area contributed by atoms with Gasteiger partial charge in [0.25, 0.3) is 0 Å². The Morgan fingerprint density at radius 1 is 1.33 bits per heavy atom. The van der Waals surface area contributed by atoms with Crippen LogP contribution in [0, 0.1) is 0 Å². The summed E-state index contributed by atoms with van der Waals surface area (Å²) in [5.74, 6) is 0.870. The first kappa shape index (κ1) is 20.6. The molecule has 0 aromatic rings. The van der Waals surface area contributed by atoms with Crippen LogP contribution in [0.1, 0.15) is 66.7 Å². The van der Waals surface area contributed by atoms with Crippen molar-refractivity contribution >= 4 is 6.09 Å². The first-order valence-electron chi connectivity index (χ1n) is 8.91. The van der Waals surface area contributed by atoms with Crippen LogP contribution in [0.15, 0.2) is 23.5 Å². The predicted molar refractivity (Wildman–Crippen MR) is 95.7 cm³/mol. The molecule has 1 aliphatic carbocycles. The van der Waals surface area contributed by atoms with E-state index in [-0.39, 0.29) is 24.8 Å². The molecule has 0 heterocycles. The molecular formula is C19H33NO4. The fraction of sp³-hybridized carbons (Fsp3) is 0.737. The second-order valence-electron chi connectivity index (χ2n) is 7.28. The molecule has 1 aliphatic rings. The van der Waals surface area contributed by atoms with Gasteiger partial charge in [0, 0.05) is 6.04 Å². The molecule has 0 aliphatic heterocycles. The minimum atomic E-state index is -0.488. The van der Waals surface area contributed by atoms with Gasteiger partial charge in [0.05, 0.1) is 6.61 Å². The summed E-state index contributed by atoms with van der Waals surface area (Å²) in [4.78, 5) is 11.9. The van der Waals surface area contributed by atoms with Gasteiger partial charge in [-0.3, -0.25) is 0 Å². The second kappa shape index (κ2) is 9.72. The molecule has 0 aromatic heterocycles. The van der Waals surface area contributed by atoms with Crippen LogP contribution in [0.5, 0.6) is 0 Å². The normalized spacial score (nSPS) is 17.4. The Labute approximate surface area is 146 Å². The molecule has 0 saturated heterocycles. The van der Waals surface area contributed by atoms with Gasteiger partial charge in [0.15, 0.2) is 0 Å². The Kier molecular flexibility index (Phi) is 8.32. The van der Waals surface area contributed by atoms with E-state index in [0.29, 0.717) is 0 Å². The summed E-state index contributed by atoms with van der Waals surface area (Å²) in [6, 6.07) is 0.0687. The maximum absolute atomic E-state index is 11.9. The molecule has 0 aromatic carbocycles. The third-order valence-corrected chi connectivity index (χ3v) is 3.76. The van der Waals surface area contributed by atoms with Crippen LogP contribution in [-0.4, -0.2) is 35.6 Å². The number of aliphatic hydroxyl groups is 1. The Bertz CT molecular complexity index is 462. The van der Waals surface area contributed by atoms with Crippen LogP contribution in [0.3, 0.4) is 0 Å². The summed E-state index contributed by atoms with van der Waals surface area (Å²) in [7, 11) is 0. The van der Waals surface area contributed by atoms with Crippen LogP contribution in [-0.2, 0) is 9.47 Å². The van der Waals surface area contributed by atoms with E-state index < -0.39 is 5.60 Å². The molecule has 24 heavy (non-hydrogen) atoms. The van der Waals surface area contributed by atoms with Crippen molar-refractivity contribution in [3.8, 4) is 0 Å². The smallest absolute Gasteiger partial charge is 0.407 e. The zero-order valence-corrected chi connectivity index (χ0v) is 15.7. The number of allylic oxidation sites excluding steroid dienone is 3. The highest BCUT2D eigenvalue weighted by Gasteiger charge is 2.20. The Hall–Kier alpha value is -1.49. The van der Waals surface area contributed by atoms with Crippen molar-refractivity contribution in [2.75, 3.05) is 6.61 Å². The summed E-state index contributed by atoms with van der Waals surface area (Å²) in [5.41, 5.74) is 0.671. The monoisotopic (exact) mass is 339 g/mol. The van der Waals surface area contributed by atoms with E-state index in [9.17, 15) is 4.79 Å². The molecule has 0 fully saturated rings. The van der Waals surface area contributed by atoms with Crippen LogP contribution < -0.4 is 5.32 Å². The number of carbonyl (C=O) groups excluding carboxylic acids is 1. The number of hydrogen-bond donors (Lipinski definition) is 2. The Morgan fingerprint density at radius 2 is 2.00 bits per heavy atom. The van der Waals surface area contributed by atoms with E-state index in [1.165, 1.54) is 0 Å². The Morgan fingerprint density at radius 3 is 2.58 bits per heavy atom. The quantitative estimate of drug-likeness (QED) is 0.699. The number of rotatable bonds is 8. The van der Waals surface area contributed by atoms with E-state index >= 15 is 0 Å². The van der Waals surface area contributed by atoms with Crippen LogP contribution in [0.4, 0.5) is 4.79 Å². The summed E-state index contributed by atoms with van der Waals surface area (Å²) < 4.78 is 11.1. The molecule has 1 amide bonds. The number of ether oxygens (including phenoxy) is 2. The summed E-state index contributed by atoms with van der Waals surface area (Å²) in [6.07, 6.45) is 8.18. The number of nitrogens with one attached hydrogen (secondary N) is 1. The summed E-state index contributed by atoms with van der Waals surface area (Å²) in [6.45, 7) is 9.48. The lowest BCUT2D eigenvalue weighted by Gasteiger charge is -2.24. The van der Waals surface area contributed by atoms with Crippen molar-refractivity contribution in [2.24, 2.45) is 0 Å². The van der Waals surface area contributed by atoms with Gasteiger partial charge in [-0.25, -0.2) is 4.79 Å². The van der Waals surface area contributed by atoms with Gasteiger partial charge in [-0.05, 0) is 71.4 Å². The van der Waals surface area contributed by atoms with Gasteiger partial charge in [-0.2, -0.15) is 0 Å². The van der Waals surface area contributed by atoms with E-state index in [1.54, 1.807) is 0 Å². The molecule has 2 N–H and O–H groups in total. The average molecular weight is 339 g/mol. The van der Waals surface area contributed by atoms with Crippen LogP contribution >= 0.6 is 0 Å². The fourth-order valence-electron chi connectivity index (χ4n) is 2.49. The number of alkyl carbamates (subject to hydrolysis) is 1. The molecule has 0 radical (unpaired) electrons. The van der Waals surface area contributed by atoms with E-state index in [1.807, 2.05) is 27.7 Å². The van der Waals surface area contributed by atoms with Gasteiger partial charge < -0.3 is 19.9 Å². The molecule has 0 spiro atoms. The minimum Gasteiger partial charge on any atom is -0.488 e. The topological polar surface area (TPSA) is 67.8 Å². The largest absolute Gasteiger partial charge is 0.488 e. The molecule has 0 saturated carbocycles. The third-order valence-electron chi connectivity index (χ3n) is 3.76. The number of carbonyl (C=O) groups is 1. The fourth-order valence-corrected chi connectivity index (χ4v) is 2.49. The SMILES string of the molecule is CCC(CCC1=CCCC=C1OC(C)CO)NC(=O)OC(C)(C)C. The van der Waals surface area contributed by atoms with Gasteiger partial charge in [0.2, 0.25) is 0 Å². The van der Waals surface area contributed by atoms with E-state index in [4.69, 9.17) is 14.6 Å². The standard InChI is InChI=1S/C19H33NO4/c1-6-16(20-18(22)24-19(3,4)5)12-11-15-9-7-8-10-17(15)23-14(2)13-21/h9-10,14,16,21H,6-8,11-13H2,1-5H3,(H,20,22). The van der Waals surface area contributed by atoms with Crippen molar-refractivity contribution in [3.63, 3.8) is 0 Å². The van der Waals surface area contributed by atoms with E-state index in [2.05, 4.69) is 24.4 Å². The first-order chi connectivity index (χ1) is 11.2. The van der Waals surface area contributed by atoms with Crippen molar-refractivity contribution in [2.45, 2.75) is 84.5 Å². The maximum Gasteiger partial charge on any atom is 0.407 e. The average Bonchev–Trinajstić information content (AvgIpc) is 2.50. The third kappa shape index (κ3) is 7.86. The molecule has 5 heteroatoms. The number of aliphatic hydroxyl groups excluding tert-OH is 1. The summed E-state index contributed by atoms with van der Waals surface area (Å²) in [5, 5.41) is 12.1. The second-order valence-corrected chi connectivity index (χ2v) is 7.28. The molecule has 5 nitrogen and oxygen atoms in total. The van der Waals surface area contributed by atoms with Gasteiger partial charge >= 0.3 is 6.09 Å². The number of amides is 1. The highest BCUT2D eigenvalue weighted by atomic mass is 16.6. The molecular weight excluding hydrogens is 306 g/mol. The zero-order chi connectivity index (χ0) is 18.2. The Balaban J connectivity index is 2.53. The molecule has 2 unspecified atom stereocenters. The van der Waals surface area contributed by atoms with Crippen molar-refractivity contribution in [1.29, 1.82) is 0 Å². The van der Waals surface area contributed by atoms with Crippen LogP contribution in [0.2, 0.25) is 0 Å². The van der Waals surface area contributed by atoms with Gasteiger partial charge in [0.1, 0.15) is 17.5 Å². The highest BCUT2D eigenvalue weighted by molar-refractivity contribution is 5.68.